The van der Waals surface area contributed by atoms with Crippen LogP contribution in [0, 0.1) is 17.7 Å². The molecule has 1 aromatic carbocycles. The van der Waals surface area contributed by atoms with Crippen molar-refractivity contribution in [1.29, 1.82) is 0 Å². The summed E-state index contributed by atoms with van der Waals surface area (Å²) in [4.78, 5) is 24.1. The van der Waals surface area contributed by atoms with Crippen LogP contribution in [-0.2, 0) is 9.59 Å². The van der Waals surface area contributed by atoms with Crippen molar-refractivity contribution in [2.75, 3.05) is 0 Å². The summed E-state index contributed by atoms with van der Waals surface area (Å²) in [6.45, 7) is 0. The minimum atomic E-state index is -0.324. The van der Waals surface area contributed by atoms with Gasteiger partial charge in [0.15, 0.2) is 0 Å². The molecule has 1 saturated heterocycles. The quantitative estimate of drug-likeness (QED) is 0.826. The highest BCUT2D eigenvalue weighted by Gasteiger charge is 2.42. The molecule has 1 aliphatic carbocycles. The zero-order chi connectivity index (χ0) is 15.0. The standard InChI is InChI=1S/C16H17BrFNO2/c17-13-7-10(18)5-6-11(13)12-8-14(20)19-16(21)15(12)9-3-1-2-4-9/h5-7,9,12,15H,1-4,8H2,(H,19,20,21). The maximum absolute atomic E-state index is 13.3. The molecule has 3 rings (SSSR count). The lowest BCUT2D eigenvalue weighted by molar-refractivity contribution is -0.138. The molecule has 0 aromatic heterocycles. The van der Waals surface area contributed by atoms with Gasteiger partial charge in [-0.25, -0.2) is 4.39 Å². The molecule has 1 aliphatic heterocycles. The Morgan fingerprint density at radius 3 is 2.57 bits per heavy atom. The number of piperidine rings is 1. The third kappa shape index (κ3) is 2.89. The first-order valence-electron chi connectivity index (χ1n) is 7.35. The lowest BCUT2D eigenvalue weighted by Gasteiger charge is -2.34. The van der Waals surface area contributed by atoms with Crippen molar-refractivity contribution < 1.29 is 14.0 Å². The lowest BCUT2D eigenvalue weighted by atomic mass is 9.73. The van der Waals surface area contributed by atoms with E-state index in [1.54, 1.807) is 6.07 Å². The minimum absolute atomic E-state index is 0.163. The molecule has 0 radical (unpaired) electrons. The maximum atomic E-state index is 13.3. The van der Waals surface area contributed by atoms with Crippen LogP contribution in [-0.4, -0.2) is 11.8 Å². The minimum Gasteiger partial charge on any atom is -0.296 e. The van der Waals surface area contributed by atoms with Crippen molar-refractivity contribution in [2.24, 2.45) is 11.8 Å². The summed E-state index contributed by atoms with van der Waals surface area (Å²) in [6.07, 6.45) is 4.62. The van der Waals surface area contributed by atoms with Crippen LogP contribution in [0.5, 0.6) is 0 Å². The predicted molar refractivity (Wildman–Crippen MR) is 80.1 cm³/mol. The topological polar surface area (TPSA) is 46.2 Å². The second kappa shape index (κ2) is 5.87. The molecule has 2 atom stereocenters. The molecule has 5 heteroatoms. The molecule has 0 spiro atoms. The van der Waals surface area contributed by atoms with Gasteiger partial charge in [0, 0.05) is 22.7 Å². The molecule has 112 valence electrons. The van der Waals surface area contributed by atoms with Crippen LogP contribution in [0.15, 0.2) is 22.7 Å². The van der Waals surface area contributed by atoms with Gasteiger partial charge in [0.1, 0.15) is 5.82 Å². The first-order chi connectivity index (χ1) is 10.1. The van der Waals surface area contributed by atoms with Gasteiger partial charge in [0.25, 0.3) is 0 Å². The summed E-state index contributed by atoms with van der Waals surface area (Å²) >= 11 is 3.38. The molecular weight excluding hydrogens is 337 g/mol. The number of hydrogen-bond donors (Lipinski definition) is 1. The fourth-order valence-corrected chi connectivity index (χ4v) is 4.39. The summed E-state index contributed by atoms with van der Waals surface area (Å²) in [6, 6.07) is 4.48. The zero-order valence-electron chi connectivity index (χ0n) is 11.6. The number of benzene rings is 1. The summed E-state index contributed by atoms with van der Waals surface area (Å²) < 4.78 is 13.9. The number of hydrogen-bond acceptors (Lipinski definition) is 2. The van der Waals surface area contributed by atoms with Crippen molar-refractivity contribution in [3.63, 3.8) is 0 Å². The third-order valence-electron chi connectivity index (χ3n) is 4.67. The average molecular weight is 354 g/mol. The van der Waals surface area contributed by atoms with Crippen molar-refractivity contribution >= 4 is 27.7 Å². The Hall–Kier alpha value is -1.23. The highest BCUT2D eigenvalue weighted by Crippen LogP contribution is 2.44. The van der Waals surface area contributed by atoms with E-state index in [1.165, 1.54) is 12.1 Å². The molecule has 1 saturated carbocycles. The Balaban J connectivity index is 1.98. The fraction of sp³-hybridized carbons (Fsp3) is 0.500. The number of nitrogens with one attached hydrogen (secondary N) is 1. The highest BCUT2D eigenvalue weighted by molar-refractivity contribution is 9.10. The molecule has 3 nitrogen and oxygen atoms in total. The fourth-order valence-electron chi connectivity index (χ4n) is 3.75. The van der Waals surface area contributed by atoms with Gasteiger partial charge in [-0.1, -0.05) is 34.8 Å². The van der Waals surface area contributed by atoms with Gasteiger partial charge in [0.05, 0.1) is 0 Å². The molecule has 2 aliphatic rings. The predicted octanol–water partition coefficient (Wildman–Crippen LogP) is 3.52. The Kier molecular flexibility index (Phi) is 4.11. The highest BCUT2D eigenvalue weighted by atomic mass is 79.9. The summed E-state index contributed by atoms with van der Waals surface area (Å²) in [5, 5.41) is 2.47. The molecule has 2 unspecified atom stereocenters. The summed E-state index contributed by atoms with van der Waals surface area (Å²) in [7, 11) is 0. The lowest BCUT2D eigenvalue weighted by Crippen LogP contribution is -2.47. The van der Waals surface area contributed by atoms with Crippen molar-refractivity contribution in [1.82, 2.24) is 5.32 Å². The van der Waals surface area contributed by atoms with Gasteiger partial charge in [0.2, 0.25) is 11.8 Å². The van der Waals surface area contributed by atoms with E-state index in [-0.39, 0.29) is 35.9 Å². The van der Waals surface area contributed by atoms with Crippen LogP contribution in [0.4, 0.5) is 4.39 Å². The number of halogens is 2. The van der Waals surface area contributed by atoms with Crippen molar-refractivity contribution in [2.45, 2.75) is 38.0 Å². The van der Waals surface area contributed by atoms with Crippen LogP contribution in [0.25, 0.3) is 0 Å². The third-order valence-corrected chi connectivity index (χ3v) is 5.36. The molecule has 1 N–H and O–H groups in total. The number of carbonyl (C=O) groups excluding carboxylic acids is 2. The summed E-state index contributed by atoms with van der Waals surface area (Å²) in [5.41, 5.74) is 0.858. The molecule has 0 bridgehead atoms. The summed E-state index contributed by atoms with van der Waals surface area (Å²) in [5.74, 6) is -0.763. The van der Waals surface area contributed by atoms with Gasteiger partial charge < -0.3 is 0 Å². The normalized spacial score (nSPS) is 27.0. The second-order valence-corrected chi connectivity index (χ2v) is 6.81. The van der Waals surface area contributed by atoms with E-state index in [2.05, 4.69) is 21.2 Å². The molecule has 2 fully saturated rings. The Labute approximate surface area is 131 Å². The van der Waals surface area contributed by atoms with E-state index in [1.807, 2.05) is 0 Å². The van der Waals surface area contributed by atoms with E-state index in [4.69, 9.17) is 0 Å². The van der Waals surface area contributed by atoms with Gasteiger partial charge >= 0.3 is 0 Å². The molecule has 1 aromatic rings. The average Bonchev–Trinajstić information content (AvgIpc) is 2.91. The van der Waals surface area contributed by atoms with E-state index in [0.29, 0.717) is 10.4 Å². The van der Waals surface area contributed by atoms with Gasteiger partial charge in [-0.05, 0) is 36.5 Å². The largest absolute Gasteiger partial charge is 0.296 e. The Morgan fingerprint density at radius 1 is 1.19 bits per heavy atom. The van der Waals surface area contributed by atoms with E-state index < -0.39 is 0 Å². The zero-order valence-corrected chi connectivity index (χ0v) is 13.2. The first kappa shape index (κ1) is 14.7. The number of rotatable bonds is 2. The van der Waals surface area contributed by atoms with Gasteiger partial charge in [-0.2, -0.15) is 0 Å². The number of carbonyl (C=O) groups is 2. The van der Waals surface area contributed by atoms with Crippen LogP contribution in [0.3, 0.4) is 0 Å². The van der Waals surface area contributed by atoms with E-state index in [9.17, 15) is 14.0 Å². The number of imide groups is 1. The van der Waals surface area contributed by atoms with E-state index in [0.717, 1.165) is 31.2 Å². The van der Waals surface area contributed by atoms with Crippen molar-refractivity contribution in [3.8, 4) is 0 Å². The van der Waals surface area contributed by atoms with Gasteiger partial charge in [-0.15, -0.1) is 0 Å². The van der Waals surface area contributed by atoms with Gasteiger partial charge in [-0.3, -0.25) is 14.9 Å². The van der Waals surface area contributed by atoms with Crippen molar-refractivity contribution in [3.05, 3.63) is 34.1 Å². The van der Waals surface area contributed by atoms with Crippen LogP contribution in [0.1, 0.15) is 43.6 Å². The smallest absolute Gasteiger partial charge is 0.230 e. The molecule has 21 heavy (non-hydrogen) atoms. The van der Waals surface area contributed by atoms with Crippen LogP contribution < -0.4 is 5.32 Å². The van der Waals surface area contributed by atoms with E-state index >= 15 is 0 Å². The first-order valence-corrected chi connectivity index (χ1v) is 8.14. The van der Waals surface area contributed by atoms with Crippen LogP contribution in [0.2, 0.25) is 0 Å². The maximum Gasteiger partial charge on any atom is 0.230 e. The second-order valence-electron chi connectivity index (χ2n) is 5.96. The monoisotopic (exact) mass is 353 g/mol. The van der Waals surface area contributed by atoms with Crippen LogP contribution >= 0.6 is 15.9 Å². The Bertz CT molecular complexity index is 584. The number of amides is 2. The molecular formula is C16H17BrFNO2. The Morgan fingerprint density at radius 2 is 1.90 bits per heavy atom. The molecule has 1 heterocycles. The molecule has 2 amide bonds. The SMILES string of the molecule is O=C1CC(c2ccc(F)cc2Br)C(C2CCCC2)C(=O)N1.